The summed E-state index contributed by atoms with van der Waals surface area (Å²) in [7, 11) is 0. The fourth-order valence-electron chi connectivity index (χ4n) is 1.71. The number of benzene rings is 2. The summed E-state index contributed by atoms with van der Waals surface area (Å²) in [5.74, 6) is -1.09. The number of hydrogen-bond acceptors (Lipinski definition) is 1. The molecule has 0 saturated carbocycles. The molecule has 0 heterocycles. The molecule has 104 valence electrons. The zero-order valence-corrected chi connectivity index (χ0v) is 15.1. The number of nitrogens with one attached hydrogen (secondary N) is 1. The van der Waals surface area contributed by atoms with Gasteiger partial charge in [0.2, 0.25) is 0 Å². The number of rotatable bonds is 2. The molecule has 0 aliphatic rings. The zero-order chi connectivity index (χ0) is 14.9. The molecular formula is C14H9Br3FNO. The average molecular weight is 466 g/mol. The highest BCUT2D eigenvalue weighted by atomic mass is 79.9. The van der Waals surface area contributed by atoms with Crippen molar-refractivity contribution in [3.05, 3.63) is 60.7 Å². The lowest BCUT2D eigenvalue weighted by Crippen LogP contribution is -2.15. The summed E-state index contributed by atoms with van der Waals surface area (Å²) >= 11 is 9.96. The molecule has 0 aliphatic heterocycles. The third-order valence-corrected chi connectivity index (χ3v) is 4.53. The first-order valence-corrected chi connectivity index (χ1v) is 7.99. The summed E-state index contributed by atoms with van der Waals surface area (Å²) in [6, 6.07) is 8.15. The molecule has 0 saturated heterocycles. The molecule has 6 heteroatoms. The summed E-state index contributed by atoms with van der Waals surface area (Å²) in [6.45, 7) is 1.94. The van der Waals surface area contributed by atoms with Crippen molar-refractivity contribution < 1.29 is 9.18 Å². The minimum atomic E-state index is -0.573. The average Bonchev–Trinajstić information content (AvgIpc) is 2.33. The van der Waals surface area contributed by atoms with Crippen molar-refractivity contribution in [3.8, 4) is 0 Å². The van der Waals surface area contributed by atoms with Crippen LogP contribution in [0.1, 0.15) is 15.9 Å². The summed E-state index contributed by atoms with van der Waals surface area (Å²) in [6.07, 6.45) is 0. The van der Waals surface area contributed by atoms with Gasteiger partial charge in [0.25, 0.3) is 5.91 Å². The second-order valence-electron chi connectivity index (χ2n) is 4.15. The van der Waals surface area contributed by atoms with Gasteiger partial charge < -0.3 is 5.32 Å². The van der Waals surface area contributed by atoms with Crippen LogP contribution in [-0.4, -0.2) is 5.91 Å². The molecule has 0 spiro atoms. The monoisotopic (exact) mass is 463 g/mol. The second-order valence-corrected chi connectivity index (χ2v) is 6.72. The van der Waals surface area contributed by atoms with E-state index in [0.29, 0.717) is 10.2 Å². The van der Waals surface area contributed by atoms with Gasteiger partial charge in [-0.25, -0.2) is 4.39 Å². The normalized spacial score (nSPS) is 10.4. The van der Waals surface area contributed by atoms with Crippen LogP contribution in [0.2, 0.25) is 0 Å². The minimum absolute atomic E-state index is 0.0214. The van der Waals surface area contributed by atoms with Crippen LogP contribution in [0.25, 0.3) is 0 Å². The van der Waals surface area contributed by atoms with E-state index in [1.807, 2.05) is 19.1 Å². The van der Waals surface area contributed by atoms with Gasteiger partial charge in [-0.3, -0.25) is 4.79 Å². The number of aryl methyl sites for hydroxylation is 1. The van der Waals surface area contributed by atoms with Crippen molar-refractivity contribution in [1.29, 1.82) is 0 Å². The Balaban J connectivity index is 2.38. The second kappa shape index (κ2) is 6.37. The predicted molar refractivity (Wildman–Crippen MR) is 88.6 cm³/mol. The Morgan fingerprint density at radius 3 is 2.25 bits per heavy atom. The Bertz CT molecular complexity index is 645. The fourth-order valence-corrected chi connectivity index (χ4v) is 3.85. The lowest BCUT2D eigenvalue weighted by molar-refractivity contribution is 0.102. The third kappa shape index (κ3) is 3.30. The van der Waals surface area contributed by atoms with Gasteiger partial charge >= 0.3 is 0 Å². The van der Waals surface area contributed by atoms with Crippen molar-refractivity contribution in [2.24, 2.45) is 0 Å². The van der Waals surface area contributed by atoms with Gasteiger partial charge in [-0.15, -0.1) is 0 Å². The van der Waals surface area contributed by atoms with Crippen LogP contribution in [0.3, 0.4) is 0 Å². The van der Waals surface area contributed by atoms with Crippen molar-refractivity contribution in [3.63, 3.8) is 0 Å². The largest absolute Gasteiger partial charge is 0.320 e. The van der Waals surface area contributed by atoms with Crippen LogP contribution in [-0.2, 0) is 0 Å². The van der Waals surface area contributed by atoms with E-state index in [0.717, 1.165) is 14.5 Å². The molecule has 2 aromatic carbocycles. The van der Waals surface area contributed by atoms with Gasteiger partial charge in [0.15, 0.2) is 0 Å². The highest BCUT2D eigenvalue weighted by molar-refractivity contribution is 9.11. The van der Waals surface area contributed by atoms with E-state index in [-0.39, 0.29) is 5.56 Å². The van der Waals surface area contributed by atoms with Gasteiger partial charge in [-0.2, -0.15) is 0 Å². The predicted octanol–water partition coefficient (Wildman–Crippen LogP) is 5.67. The van der Waals surface area contributed by atoms with E-state index in [9.17, 15) is 9.18 Å². The standard InChI is InChI=1S/C14H9Br3FNO/c1-7-5-9(16)13(10(17)6-7)19-14(20)12-8(15)3-2-4-11(12)18/h2-6H,1H3,(H,19,20). The van der Waals surface area contributed by atoms with Crippen molar-refractivity contribution in [1.82, 2.24) is 0 Å². The van der Waals surface area contributed by atoms with E-state index in [1.165, 1.54) is 12.1 Å². The molecule has 0 radical (unpaired) electrons. The molecule has 0 bridgehead atoms. The number of hydrogen-bond donors (Lipinski definition) is 1. The van der Waals surface area contributed by atoms with Crippen molar-refractivity contribution in [2.45, 2.75) is 6.92 Å². The fraction of sp³-hybridized carbons (Fsp3) is 0.0714. The maximum absolute atomic E-state index is 13.8. The summed E-state index contributed by atoms with van der Waals surface area (Å²) < 4.78 is 15.6. The number of amides is 1. The van der Waals surface area contributed by atoms with Crippen LogP contribution in [0, 0.1) is 12.7 Å². The lowest BCUT2D eigenvalue weighted by Gasteiger charge is -2.12. The number of carbonyl (C=O) groups is 1. The Hall–Kier alpha value is -0.720. The first-order chi connectivity index (χ1) is 9.40. The Labute approximate surface area is 141 Å². The van der Waals surface area contributed by atoms with E-state index in [2.05, 4.69) is 53.1 Å². The smallest absolute Gasteiger partial charge is 0.259 e. The highest BCUT2D eigenvalue weighted by Crippen LogP contribution is 2.33. The number of anilines is 1. The summed E-state index contributed by atoms with van der Waals surface area (Å²) in [4.78, 5) is 12.2. The maximum Gasteiger partial charge on any atom is 0.259 e. The quantitative estimate of drug-likeness (QED) is 0.608. The molecule has 1 N–H and O–H groups in total. The Morgan fingerprint density at radius 2 is 1.70 bits per heavy atom. The van der Waals surface area contributed by atoms with E-state index in [1.54, 1.807) is 6.07 Å². The van der Waals surface area contributed by atoms with Gasteiger partial charge in [-0.1, -0.05) is 6.07 Å². The van der Waals surface area contributed by atoms with Crippen molar-refractivity contribution in [2.75, 3.05) is 5.32 Å². The molecule has 2 rings (SSSR count). The Morgan fingerprint density at radius 1 is 1.10 bits per heavy atom. The molecule has 0 aromatic heterocycles. The SMILES string of the molecule is Cc1cc(Br)c(NC(=O)c2c(F)cccc2Br)c(Br)c1. The maximum atomic E-state index is 13.8. The third-order valence-electron chi connectivity index (χ3n) is 2.61. The zero-order valence-electron chi connectivity index (χ0n) is 10.3. The number of carbonyl (C=O) groups excluding carboxylic acids is 1. The van der Waals surface area contributed by atoms with Crippen LogP contribution in [0.5, 0.6) is 0 Å². The molecule has 20 heavy (non-hydrogen) atoms. The van der Waals surface area contributed by atoms with Gasteiger partial charge in [-0.05, 0) is 84.5 Å². The van der Waals surface area contributed by atoms with Crippen LogP contribution in [0.4, 0.5) is 10.1 Å². The van der Waals surface area contributed by atoms with Crippen LogP contribution < -0.4 is 5.32 Å². The van der Waals surface area contributed by atoms with E-state index in [4.69, 9.17) is 0 Å². The molecule has 0 unspecified atom stereocenters. The van der Waals surface area contributed by atoms with Crippen molar-refractivity contribution >= 4 is 59.4 Å². The first-order valence-electron chi connectivity index (χ1n) is 5.61. The van der Waals surface area contributed by atoms with Gasteiger partial charge in [0, 0.05) is 13.4 Å². The molecular weight excluding hydrogens is 457 g/mol. The molecule has 0 aliphatic carbocycles. The number of halogens is 4. The molecule has 1 amide bonds. The topological polar surface area (TPSA) is 29.1 Å². The van der Waals surface area contributed by atoms with E-state index >= 15 is 0 Å². The first kappa shape index (κ1) is 15.7. The summed E-state index contributed by atoms with van der Waals surface area (Å²) in [5, 5.41) is 2.70. The van der Waals surface area contributed by atoms with E-state index < -0.39 is 11.7 Å². The molecule has 0 fully saturated rings. The van der Waals surface area contributed by atoms with Gasteiger partial charge in [0.1, 0.15) is 5.82 Å². The molecule has 0 atom stereocenters. The minimum Gasteiger partial charge on any atom is -0.320 e. The Kier molecular flexibility index (Phi) is 4.99. The summed E-state index contributed by atoms with van der Waals surface area (Å²) in [5.41, 5.74) is 1.58. The molecule has 2 aromatic rings. The lowest BCUT2D eigenvalue weighted by atomic mass is 10.2. The molecule has 2 nitrogen and oxygen atoms in total. The van der Waals surface area contributed by atoms with Crippen LogP contribution >= 0.6 is 47.8 Å². The van der Waals surface area contributed by atoms with Crippen LogP contribution in [0.15, 0.2) is 43.7 Å². The highest BCUT2D eigenvalue weighted by Gasteiger charge is 2.17. The van der Waals surface area contributed by atoms with Gasteiger partial charge in [0.05, 0.1) is 11.3 Å².